The van der Waals surface area contributed by atoms with Gasteiger partial charge >= 0.3 is 5.51 Å². The van der Waals surface area contributed by atoms with Crippen molar-refractivity contribution >= 4 is 23.6 Å². The molecule has 0 spiro atoms. The molecule has 1 aliphatic heterocycles. The molecule has 2 amide bonds. The van der Waals surface area contributed by atoms with E-state index >= 15 is 0 Å². The van der Waals surface area contributed by atoms with Gasteiger partial charge in [0.15, 0.2) is 0 Å². The van der Waals surface area contributed by atoms with Crippen molar-refractivity contribution in [2.24, 2.45) is 5.41 Å². The summed E-state index contributed by atoms with van der Waals surface area (Å²) >= 11 is -0.152. The van der Waals surface area contributed by atoms with E-state index in [0.717, 1.165) is 0 Å². The Bertz CT molecular complexity index is 407. The van der Waals surface area contributed by atoms with Crippen LogP contribution in [0.2, 0.25) is 0 Å². The summed E-state index contributed by atoms with van der Waals surface area (Å²) in [5.74, 6) is -0.796. The number of nitrogens with one attached hydrogen (secondary N) is 1. The Morgan fingerprint density at radius 2 is 1.86 bits per heavy atom. The number of amides is 2. The normalized spacial score (nSPS) is 24.8. The van der Waals surface area contributed by atoms with Crippen molar-refractivity contribution in [3.8, 4) is 0 Å². The molecule has 0 aromatic rings. The number of thioether (sulfide) groups is 1. The second-order valence-corrected chi connectivity index (χ2v) is 7.41. The van der Waals surface area contributed by atoms with E-state index in [-0.39, 0.29) is 42.3 Å². The predicted octanol–water partition coefficient (Wildman–Crippen LogP) is 2.39. The first-order chi connectivity index (χ1) is 9.42. The highest BCUT2D eigenvalue weighted by Gasteiger charge is 2.40. The summed E-state index contributed by atoms with van der Waals surface area (Å²) in [6.45, 7) is 7.10. The predicted molar refractivity (Wildman–Crippen MR) is 75.7 cm³/mol. The van der Waals surface area contributed by atoms with Gasteiger partial charge in [-0.15, -0.1) is 0 Å². The first kappa shape index (κ1) is 18.1. The smallest absolute Gasteiger partial charge is 0.344 e. The molecule has 0 aromatic carbocycles. The number of rotatable bonds is 3. The Kier molecular flexibility index (Phi) is 5.57. The summed E-state index contributed by atoms with van der Waals surface area (Å²) in [6, 6.07) is -1.12. The van der Waals surface area contributed by atoms with Gasteiger partial charge in [0.25, 0.3) is 0 Å². The van der Waals surface area contributed by atoms with Crippen molar-refractivity contribution in [1.29, 1.82) is 0 Å². The molecule has 1 N–H and O–H groups in total. The van der Waals surface area contributed by atoms with E-state index in [2.05, 4.69) is 5.32 Å². The third-order valence-corrected chi connectivity index (χ3v) is 4.03. The van der Waals surface area contributed by atoms with Crippen LogP contribution in [0.3, 0.4) is 0 Å². The van der Waals surface area contributed by atoms with Crippen LogP contribution >= 0.6 is 11.8 Å². The quantitative estimate of drug-likeness (QED) is 0.866. The third-order valence-electron chi connectivity index (χ3n) is 3.31. The lowest BCUT2D eigenvalue weighted by Gasteiger charge is -2.34. The van der Waals surface area contributed by atoms with Crippen LogP contribution in [-0.2, 0) is 9.59 Å². The minimum atomic E-state index is -4.31. The van der Waals surface area contributed by atoms with Crippen LogP contribution < -0.4 is 5.32 Å². The fraction of sp³-hybridized carbons (Fsp3) is 0.846. The second kappa shape index (κ2) is 6.46. The van der Waals surface area contributed by atoms with Crippen molar-refractivity contribution in [2.45, 2.75) is 51.7 Å². The van der Waals surface area contributed by atoms with Crippen LogP contribution in [0.4, 0.5) is 13.2 Å². The maximum absolute atomic E-state index is 12.5. The monoisotopic (exact) mass is 326 g/mol. The maximum Gasteiger partial charge on any atom is 0.441 e. The molecule has 0 bridgehead atoms. The van der Waals surface area contributed by atoms with Crippen molar-refractivity contribution in [2.75, 3.05) is 12.3 Å². The largest absolute Gasteiger partial charge is 0.441 e. The lowest BCUT2D eigenvalue weighted by atomic mass is 9.86. The van der Waals surface area contributed by atoms with Gasteiger partial charge in [0.05, 0.1) is 0 Å². The van der Waals surface area contributed by atoms with Crippen LogP contribution in [0.5, 0.6) is 0 Å². The molecule has 1 fully saturated rings. The van der Waals surface area contributed by atoms with E-state index in [0.29, 0.717) is 0 Å². The Labute approximate surface area is 126 Å². The van der Waals surface area contributed by atoms with Crippen molar-refractivity contribution in [3.05, 3.63) is 0 Å². The summed E-state index contributed by atoms with van der Waals surface area (Å²) in [4.78, 5) is 25.7. The first-order valence-corrected chi connectivity index (χ1v) is 7.71. The first-order valence-electron chi connectivity index (χ1n) is 6.72. The van der Waals surface area contributed by atoms with E-state index in [9.17, 15) is 22.8 Å². The highest BCUT2D eigenvalue weighted by Crippen LogP contribution is 2.31. The van der Waals surface area contributed by atoms with Gasteiger partial charge in [-0.05, 0) is 24.1 Å². The van der Waals surface area contributed by atoms with Crippen LogP contribution in [0, 0.1) is 5.41 Å². The molecule has 0 radical (unpaired) electrons. The molecule has 0 aliphatic carbocycles. The molecule has 8 heteroatoms. The molecule has 0 saturated carbocycles. The highest BCUT2D eigenvalue weighted by molar-refractivity contribution is 8.00. The number of halogens is 3. The molecule has 1 rings (SSSR count). The van der Waals surface area contributed by atoms with Gasteiger partial charge < -0.3 is 10.2 Å². The Hall–Kier alpha value is -0.920. The van der Waals surface area contributed by atoms with Crippen molar-refractivity contribution < 1.29 is 22.8 Å². The standard InChI is InChI=1S/C13H21F3N2O2S/c1-8-7-9(19)17-10(12(2,3)4)11(20)18(8)5-6-21-13(14,15)16/h8,10H,5-7H2,1-4H3,(H,17,19). The summed E-state index contributed by atoms with van der Waals surface area (Å²) in [5, 5.41) is 2.68. The number of hydrogen-bond acceptors (Lipinski definition) is 3. The van der Waals surface area contributed by atoms with Crippen LogP contribution in [0.1, 0.15) is 34.1 Å². The number of alkyl halides is 3. The SMILES string of the molecule is CC1CC(=O)NC(C(C)(C)C)C(=O)N1CCSC(F)(F)F. The van der Waals surface area contributed by atoms with Gasteiger partial charge in [0.2, 0.25) is 11.8 Å². The second-order valence-electron chi connectivity index (χ2n) is 6.25. The zero-order valence-corrected chi connectivity index (χ0v) is 13.4. The lowest BCUT2D eigenvalue weighted by Crippen LogP contribution is -2.53. The van der Waals surface area contributed by atoms with Gasteiger partial charge in [0.1, 0.15) is 6.04 Å². The van der Waals surface area contributed by atoms with Crippen molar-refractivity contribution in [3.63, 3.8) is 0 Å². The number of hydrogen-bond donors (Lipinski definition) is 1. The zero-order valence-electron chi connectivity index (χ0n) is 12.6. The van der Waals surface area contributed by atoms with E-state index in [1.807, 2.05) is 20.8 Å². The summed E-state index contributed by atoms with van der Waals surface area (Å²) in [5.41, 5.74) is -4.80. The summed E-state index contributed by atoms with van der Waals surface area (Å²) < 4.78 is 36.6. The van der Waals surface area contributed by atoms with Gasteiger partial charge in [-0.1, -0.05) is 20.8 Å². The molecule has 21 heavy (non-hydrogen) atoms. The average Bonchev–Trinajstić information content (AvgIpc) is 2.37. The number of carbonyl (C=O) groups is 2. The molecule has 122 valence electrons. The van der Waals surface area contributed by atoms with Gasteiger partial charge in [-0.2, -0.15) is 13.2 Å². The van der Waals surface area contributed by atoms with Gasteiger partial charge in [-0.25, -0.2) is 0 Å². The number of nitrogens with zero attached hydrogens (tertiary/aromatic N) is 1. The Balaban J connectivity index is 2.83. The van der Waals surface area contributed by atoms with Gasteiger partial charge in [-0.3, -0.25) is 9.59 Å². The molecule has 2 unspecified atom stereocenters. The van der Waals surface area contributed by atoms with E-state index in [1.165, 1.54) is 4.90 Å². The van der Waals surface area contributed by atoms with Gasteiger partial charge in [0, 0.05) is 24.8 Å². The molecule has 1 saturated heterocycles. The minimum absolute atomic E-state index is 0.0221. The lowest BCUT2D eigenvalue weighted by molar-refractivity contribution is -0.137. The van der Waals surface area contributed by atoms with E-state index < -0.39 is 23.0 Å². The minimum Gasteiger partial charge on any atom is -0.344 e. The molecule has 0 aromatic heterocycles. The fourth-order valence-corrected chi connectivity index (χ4v) is 2.74. The molecular weight excluding hydrogens is 305 g/mol. The molecule has 2 atom stereocenters. The molecule has 4 nitrogen and oxygen atoms in total. The van der Waals surface area contributed by atoms with Crippen molar-refractivity contribution in [1.82, 2.24) is 10.2 Å². The zero-order chi connectivity index (χ0) is 16.4. The van der Waals surface area contributed by atoms with Crippen LogP contribution in [-0.4, -0.2) is 46.6 Å². The molecule has 1 heterocycles. The van der Waals surface area contributed by atoms with E-state index in [4.69, 9.17) is 0 Å². The topological polar surface area (TPSA) is 49.4 Å². The Morgan fingerprint density at radius 3 is 2.33 bits per heavy atom. The molecular formula is C13H21F3N2O2S. The summed E-state index contributed by atoms with van der Waals surface area (Å²) in [6.07, 6.45) is 0.106. The fourth-order valence-electron chi connectivity index (χ4n) is 2.22. The third kappa shape index (κ3) is 5.41. The summed E-state index contributed by atoms with van der Waals surface area (Å²) in [7, 11) is 0. The maximum atomic E-state index is 12.5. The average molecular weight is 326 g/mol. The van der Waals surface area contributed by atoms with Crippen LogP contribution in [0.25, 0.3) is 0 Å². The van der Waals surface area contributed by atoms with E-state index in [1.54, 1.807) is 6.92 Å². The Morgan fingerprint density at radius 1 is 1.29 bits per heavy atom. The number of carbonyl (C=O) groups excluding carboxylic acids is 2. The molecule has 1 aliphatic rings. The van der Waals surface area contributed by atoms with Crippen LogP contribution in [0.15, 0.2) is 0 Å². The highest BCUT2D eigenvalue weighted by atomic mass is 32.2.